The first-order chi connectivity index (χ1) is 20.3. The van der Waals surface area contributed by atoms with E-state index >= 15 is 0 Å². The molecule has 0 aliphatic rings. The first-order valence-corrected chi connectivity index (χ1v) is 14.1. The van der Waals surface area contributed by atoms with E-state index in [2.05, 4.69) is 6.92 Å². The number of carbonyl (C=O) groups excluding carboxylic acids is 2. The van der Waals surface area contributed by atoms with E-state index in [0.717, 1.165) is 37.0 Å². The van der Waals surface area contributed by atoms with Crippen LogP contribution in [-0.2, 0) is 16.0 Å². The monoisotopic (exact) mass is 574 g/mol. The van der Waals surface area contributed by atoms with Gasteiger partial charge in [-0.3, -0.25) is 0 Å². The molecule has 0 fully saturated rings. The van der Waals surface area contributed by atoms with Crippen LogP contribution in [0.15, 0.2) is 66.7 Å². The molecule has 0 aliphatic carbocycles. The van der Waals surface area contributed by atoms with Crippen molar-refractivity contribution in [1.29, 1.82) is 0 Å². The zero-order valence-corrected chi connectivity index (χ0v) is 23.8. The third-order valence-corrected chi connectivity index (χ3v) is 6.46. The SMILES string of the molecule is CCCCCOc1ccc(OC(=O)/C=C/c2ccc(C(=O)OCCCCCc3c(N)cc(N)cc3C(=O)O)cc2)cc1. The quantitative estimate of drug-likeness (QED) is 0.0588. The summed E-state index contributed by atoms with van der Waals surface area (Å²) in [7, 11) is 0. The number of ether oxygens (including phenoxy) is 3. The van der Waals surface area contributed by atoms with Gasteiger partial charge in [0.05, 0.1) is 24.3 Å². The standard InChI is InChI=1S/C33H38N2O7/c1-2-3-6-19-40-26-14-16-27(17-15-26)42-31(36)18-11-23-9-12-24(13-10-23)33(39)41-20-7-4-5-8-28-29(32(37)38)21-25(34)22-30(28)35/h9-18,21-22H,2-8,19-20,34-35H2,1H3,(H,37,38)/b18-11+. The number of carbonyl (C=O) groups is 3. The molecule has 0 bridgehead atoms. The third kappa shape index (κ3) is 10.3. The summed E-state index contributed by atoms with van der Waals surface area (Å²) in [5, 5.41) is 9.39. The van der Waals surface area contributed by atoms with Gasteiger partial charge in [-0.15, -0.1) is 0 Å². The second kappa shape index (κ2) is 16.5. The number of nitrogen functional groups attached to an aromatic ring is 2. The molecule has 0 aromatic heterocycles. The van der Waals surface area contributed by atoms with E-state index in [1.54, 1.807) is 60.7 Å². The zero-order valence-electron chi connectivity index (χ0n) is 23.8. The van der Waals surface area contributed by atoms with Crippen molar-refractivity contribution in [2.75, 3.05) is 24.7 Å². The molecule has 0 aliphatic heterocycles. The molecule has 3 rings (SSSR count). The van der Waals surface area contributed by atoms with Gasteiger partial charge in [0.25, 0.3) is 0 Å². The lowest BCUT2D eigenvalue weighted by molar-refractivity contribution is -0.128. The van der Waals surface area contributed by atoms with Crippen molar-refractivity contribution in [3.05, 3.63) is 89.0 Å². The minimum absolute atomic E-state index is 0.114. The number of hydrogen-bond acceptors (Lipinski definition) is 8. The summed E-state index contributed by atoms with van der Waals surface area (Å²) in [5.74, 6) is -0.879. The van der Waals surface area contributed by atoms with Gasteiger partial charge in [-0.1, -0.05) is 31.9 Å². The van der Waals surface area contributed by atoms with Crippen LogP contribution in [0, 0.1) is 0 Å². The molecule has 0 spiro atoms. The fourth-order valence-electron chi connectivity index (χ4n) is 4.21. The van der Waals surface area contributed by atoms with Gasteiger partial charge in [-0.2, -0.15) is 0 Å². The normalized spacial score (nSPS) is 10.9. The topological polar surface area (TPSA) is 151 Å². The molecular formula is C33H38N2O7. The highest BCUT2D eigenvalue weighted by molar-refractivity contribution is 5.93. The molecule has 0 atom stereocenters. The van der Waals surface area contributed by atoms with E-state index < -0.39 is 17.9 Å². The first-order valence-electron chi connectivity index (χ1n) is 14.1. The smallest absolute Gasteiger partial charge is 0.338 e. The molecule has 0 saturated heterocycles. The fourth-order valence-corrected chi connectivity index (χ4v) is 4.21. The number of carboxylic acid groups (broad SMARTS) is 1. The lowest BCUT2D eigenvalue weighted by Gasteiger charge is -2.11. The maximum Gasteiger partial charge on any atom is 0.338 e. The molecule has 222 valence electrons. The Balaban J connectivity index is 1.37. The minimum Gasteiger partial charge on any atom is -0.494 e. The van der Waals surface area contributed by atoms with Gasteiger partial charge in [0.1, 0.15) is 11.5 Å². The molecule has 0 unspecified atom stereocenters. The first kappa shape index (κ1) is 31.7. The van der Waals surface area contributed by atoms with E-state index in [1.165, 1.54) is 12.1 Å². The summed E-state index contributed by atoms with van der Waals surface area (Å²) in [6, 6.07) is 16.6. The number of carboxylic acids is 1. The van der Waals surface area contributed by atoms with E-state index in [0.29, 0.717) is 54.1 Å². The molecule has 3 aromatic rings. The van der Waals surface area contributed by atoms with Crippen molar-refractivity contribution in [2.45, 2.75) is 51.9 Å². The van der Waals surface area contributed by atoms with Gasteiger partial charge in [-0.25, -0.2) is 14.4 Å². The van der Waals surface area contributed by atoms with Crippen molar-refractivity contribution in [3.63, 3.8) is 0 Å². The molecule has 9 nitrogen and oxygen atoms in total. The average Bonchev–Trinajstić information content (AvgIpc) is 2.97. The summed E-state index contributed by atoms with van der Waals surface area (Å²) in [6.07, 6.45) is 8.72. The van der Waals surface area contributed by atoms with E-state index in [1.807, 2.05) is 0 Å². The number of unbranched alkanes of at least 4 members (excludes halogenated alkanes) is 4. The largest absolute Gasteiger partial charge is 0.494 e. The number of hydrogen-bond donors (Lipinski definition) is 3. The number of benzene rings is 3. The number of anilines is 2. The Hall–Kier alpha value is -4.79. The summed E-state index contributed by atoms with van der Waals surface area (Å²) >= 11 is 0. The Morgan fingerprint density at radius 2 is 1.52 bits per heavy atom. The van der Waals surface area contributed by atoms with E-state index in [4.69, 9.17) is 25.7 Å². The van der Waals surface area contributed by atoms with Crippen LogP contribution >= 0.6 is 0 Å². The van der Waals surface area contributed by atoms with Crippen LogP contribution in [0.25, 0.3) is 6.08 Å². The van der Waals surface area contributed by atoms with Crippen LogP contribution in [0.4, 0.5) is 11.4 Å². The lowest BCUT2D eigenvalue weighted by atomic mass is 9.98. The second-order valence-corrected chi connectivity index (χ2v) is 9.79. The van der Waals surface area contributed by atoms with Gasteiger partial charge in [0.15, 0.2) is 0 Å². The van der Waals surface area contributed by atoms with Crippen LogP contribution in [0.2, 0.25) is 0 Å². The Morgan fingerprint density at radius 1 is 0.833 bits per heavy atom. The van der Waals surface area contributed by atoms with Gasteiger partial charge in [-0.05, 0) is 97.8 Å². The molecule has 3 aromatic carbocycles. The molecule has 0 heterocycles. The maximum atomic E-state index is 12.4. The highest BCUT2D eigenvalue weighted by atomic mass is 16.5. The Bertz CT molecular complexity index is 1370. The van der Waals surface area contributed by atoms with Gasteiger partial charge < -0.3 is 30.8 Å². The molecule has 0 radical (unpaired) electrons. The van der Waals surface area contributed by atoms with Crippen molar-refractivity contribution in [3.8, 4) is 11.5 Å². The summed E-state index contributed by atoms with van der Waals surface area (Å²) in [6.45, 7) is 3.04. The zero-order chi connectivity index (χ0) is 30.3. The van der Waals surface area contributed by atoms with Crippen molar-refractivity contribution in [1.82, 2.24) is 0 Å². The summed E-state index contributed by atoms with van der Waals surface area (Å²) < 4.78 is 16.3. The number of rotatable bonds is 16. The van der Waals surface area contributed by atoms with Crippen LogP contribution in [0.5, 0.6) is 11.5 Å². The molecule has 5 N–H and O–H groups in total. The predicted octanol–water partition coefficient (Wildman–Crippen LogP) is 6.31. The molecule has 9 heteroatoms. The minimum atomic E-state index is -1.07. The number of esters is 2. The third-order valence-electron chi connectivity index (χ3n) is 6.46. The highest BCUT2D eigenvalue weighted by Gasteiger charge is 2.14. The van der Waals surface area contributed by atoms with Gasteiger partial charge in [0.2, 0.25) is 0 Å². The van der Waals surface area contributed by atoms with E-state index in [9.17, 15) is 19.5 Å². The summed E-state index contributed by atoms with van der Waals surface area (Å²) in [5.41, 5.74) is 14.1. The van der Waals surface area contributed by atoms with Crippen molar-refractivity contribution in [2.24, 2.45) is 0 Å². The molecule has 0 amide bonds. The van der Waals surface area contributed by atoms with Crippen LogP contribution in [-0.4, -0.2) is 36.2 Å². The molecule has 0 saturated carbocycles. The van der Waals surface area contributed by atoms with Gasteiger partial charge in [0, 0.05) is 17.5 Å². The Morgan fingerprint density at radius 3 is 2.21 bits per heavy atom. The van der Waals surface area contributed by atoms with Crippen LogP contribution in [0.1, 0.15) is 77.3 Å². The lowest BCUT2D eigenvalue weighted by Crippen LogP contribution is -2.08. The van der Waals surface area contributed by atoms with Crippen molar-refractivity contribution < 1.29 is 33.7 Å². The molecular weight excluding hydrogens is 536 g/mol. The van der Waals surface area contributed by atoms with Crippen LogP contribution in [0.3, 0.4) is 0 Å². The van der Waals surface area contributed by atoms with E-state index in [-0.39, 0.29) is 12.2 Å². The number of nitrogens with two attached hydrogens (primary N) is 2. The Labute approximate surface area is 246 Å². The Kier molecular flexibility index (Phi) is 12.4. The maximum absolute atomic E-state index is 12.4. The fraction of sp³-hybridized carbons (Fsp3) is 0.303. The number of aromatic carboxylic acids is 1. The second-order valence-electron chi connectivity index (χ2n) is 9.79. The summed E-state index contributed by atoms with van der Waals surface area (Å²) in [4.78, 5) is 36.0. The predicted molar refractivity (Wildman–Crippen MR) is 163 cm³/mol. The van der Waals surface area contributed by atoms with Gasteiger partial charge >= 0.3 is 17.9 Å². The highest BCUT2D eigenvalue weighted by Crippen LogP contribution is 2.24. The van der Waals surface area contributed by atoms with Crippen LogP contribution < -0.4 is 20.9 Å². The molecule has 42 heavy (non-hydrogen) atoms. The average molecular weight is 575 g/mol. The van der Waals surface area contributed by atoms with Crippen molar-refractivity contribution >= 4 is 35.4 Å².